The summed E-state index contributed by atoms with van der Waals surface area (Å²) < 4.78 is 0. The number of nitrogens with one attached hydrogen (secondary N) is 2. The molecule has 0 bridgehead atoms. The van der Waals surface area contributed by atoms with E-state index in [1.54, 1.807) is 23.4 Å². The first-order valence-corrected chi connectivity index (χ1v) is 9.09. The molecule has 2 heterocycles. The van der Waals surface area contributed by atoms with Crippen LogP contribution in [0, 0.1) is 0 Å². The molecule has 0 saturated heterocycles. The van der Waals surface area contributed by atoms with Gasteiger partial charge in [0, 0.05) is 24.6 Å². The third-order valence-electron chi connectivity index (χ3n) is 4.66. The van der Waals surface area contributed by atoms with Gasteiger partial charge in [0.15, 0.2) is 0 Å². The zero-order valence-corrected chi connectivity index (χ0v) is 15.2. The predicted molar refractivity (Wildman–Crippen MR) is 106 cm³/mol. The average Bonchev–Trinajstić information content (AvgIpc) is 2.75. The maximum Gasteiger partial charge on any atom is 0.258 e. The zero-order valence-electron chi connectivity index (χ0n) is 15.2. The molecule has 2 N–H and O–H groups in total. The third-order valence-corrected chi connectivity index (χ3v) is 4.66. The van der Waals surface area contributed by atoms with Crippen molar-refractivity contribution in [1.82, 2.24) is 15.2 Å². The molecule has 0 radical (unpaired) electrons. The Balaban J connectivity index is 1.55. The Kier molecular flexibility index (Phi) is 5.01. The van der Waals surface area contributed by atoms with E-state index >= 15 is 0 Å². The van der Waals surface area contributed by atoms with E-state index in [1.807, 2.05) is 60.7 Å². The van der Waals surface area contributed by atoms with E-state index in [4.69, 9.17) is 0 Å². The molecule has 1 aliphatic rings. The smallest absolute Gasteiger partial charge is 0.258 e. The number of benzene rings is 2. The van der Waals surface area contributed by atoms with Gasteiger partial charge in [-0.3, -0.25) is 14.6 Å². The van der Waals surface area contributed by atoms with Crippen molar-refractivity contribution < 1.29 is 9.59 Å². The lowest BCUT2D eigenvalue weighted by Crippen LogP contribution is -2.47. The minimum atomic E-state index is -0.409. The van der Waals surface area contributed by atoms with Gasteiger partial charge in [0.1, 0.15) is 12.7 Å². The molecular formula is C22H20N4O2. The summed E-state index contributed by atoms with van der Waals surface area (Å²) in [6.45, 7) is 0.328. The first-order valence-electron chi connectivity index (χ1n) is 9.09. The van der Waals surface area contributed by atoms with Crippen molar-refractivity contribution in [2.45, 2.75) is 12.7 Å². The van der Waals surface area contributed by atoms with Gasteiger partial charge < -0.3 is 15.5 Å². The second-order valence-electron chi connectivity index (χ2n) is 6.57. The standard InChI is InChI=1S/C22H20N4O2/c27-20(24-14-16-7-6-12-23-13-16)15-26-21(17-8-2-1-3-9-17)25-19-11-5-4-10-18(19)22(26)28/h1-13,21,25H,14-15H2,(H,24,27)/t21-/m1/s1. The third kappa shape index (κ3) is 3.71. The minimum Gasteiger partial charge on any atom is -0.361 e. The summed E-state index contributed by atoms with van der Waals surface area (Å²) in [6.07, 6.45) is 2.98. The SMILES string of the molecule is O=C(CN1C(=O)c2ccccc2N[C@H]1c1ccccc1)NCc1cccnc1. The molecule has 2 aromatic carbocycles. The van der Waals surface area contributed by atoms with Gasteiger partial charge in [-0.15, -0.1) is 0 Å². The number of hydrogen-bond acceptors (Lipinski definition) is 4. The van der Waals surface area contributed by atoms with Gasteiger partial charge >= 0.3 is 0 Å². The molecule has 0 saturated carbocycles. The largest absolute Gasteiger partial charge is 0.361 e. The Morgan fingerprint density at radius 2 is 1.82 bits per heavy atom. The number of nitrogens with zero attached hydrogens (tertiary/aromatic N) is 2. The van der Waals surface area contributed by atoms with E-state index in [0.717, 1.165) is 16.8 Å². The second-order valence-corrected chi connectivity index (χ2v) is 6.57. The zero-order chi connectivity index (χ0) is 19.3. The van der Waals surface area contributed by atoms with Crippen LogP contribution in [0.15, 0.2) is 79.1 Å². The van der Waals surface area contributed by atoms with Gasteiger partial charge in [-0.1, -0.05) is 48.5 Å². The fourth-order valence-corrected chi connectivity index (χ4v) is 3.27. The highest BCUT2D eigenvalue weighted by Gasteiger charge is 2.33. The van der Waals surface area contributed by atoms with E-state index < -0.39 is 6.17 Å². The van der Waals surface area contributed by atoms with Crippen LogP contribution in [-0.4, -0.2) is 28.2 Å². The van der Waals surface area contributed by atoms with Crippen LogP contribution in [0.25, 0.3) is 0 Å². The number of fused-ring (bicyclic) bond motifs is 1. The van der Waals surface area contributed by atoms with Gasteiger partial charge in [-0.25, -0.2) is 0 Å². The molecule has 6 heteroatoms. The maximum absolute atomic E-state index is 13.1. The summed E-state index contributed by atoms with van der Waals surface area (Å²) >= 11 is 0. The van der Waals surface area contributed by atoms with Gasteiger partial charge in [0.05, 0.1) is 5.56 Å². The molecule has 1 atom stereocenters. The second kappa shape index (κ2) is 7.92. The highest BCUT2D eigenvalue weighted by Crippen LogP contribution is 2.32. The van der Waals surface area contributed by atoms with Gasteiger partial charge in [-0.2, -0.15) is 0 Å². The number of anilines is 1. The monoisotopic (exact) mass is 372 g/mol. The summed E-state index contributed by atoms with van der Waals surface area (Å²) in [5.74, 6) is -0.390. The fourth-order valence-electron chi connectivity index (χ4n) is 3.27. The molecule has 0 unspecified atom stereocenters. The van der Waals surface area contributed by atoms with Crippen LogP contribution in [0.4, 0.5) is 5.69 Å². The summed E-state index contributed by atoms with van der Waals surface area (Å²) in [6, 6.07) is 20.7. The van der Waals surface area contributed by atoms with Crippen molar-refractivity contribution in [3.8, 4) is 0 Å². The Hall–Kier alpha value is -3.67. The fraction of sp³-hybridized carbons (Fsp3) is 0.136. The van der Waals surface area contributed by atoms with E-state index in [0.29, 0.717) is 12.1 Å². The first kappa shape index (κ1) is 17.7. The summed E-state index contributed by atoms with van der Waals surface area (Å²) in [4.78, 5) is 31.3. The number of carbonyl (C=O) groups excluding carboxylic acids is 2. The van der Waals surface area contributed by atoms with Gasteiger partial charge in [-0.05, 0) is 29.3 Å². The number of carbonyl (C=O) groups is 2. The van der Waals surface area contributed by atoms with Gasteiger partial charge in [0.25, 0.3) is 5.91 Å². The number of rotatable bonds is 5. The number of aromatic nitrogens is 1. The number of hydrogen-bond donors (Lipinski definition) is 2. The van der Waals surface area contributed by atoms with Crippen LogP contribution in [0.5, 0.6) is 0 Å². The van der Waals surface area contributed by atoms with Crippen molar-refractivity contribution in [1.29, 1.82) is 0 Å². The maximum atomic E-state index is 13.1. The van der Waals surface area contributed by atoms with Crippen LogP contribution in [0.3, 0.4) is 0 Å². The lowest BCUT2D eigenvalue weighted by atomic mass is 10.0. The molecule has 1 aliphatic heterocycles. The van der Waals surface area contributed by atoms with E-state index in [2.05, 4.69) is 15.6 Å². The predicted octanol–water partition coefficient (Wildman–Crippen LogP) is 2.96. The molecule has 140 valence electrons. The van der Waals surface area contributed by atoms with Crippen LogP contribution >= 0.6 is 0 Å². The molecule has 6 nitrogen and oxygen atoms in total. The Morgan fingerprint density at radius 1 is 1.04 bits per heavy atom. The average molecular weight is 372 g/mol. The first-order chi connectivity index (χ1) is 13.7. The lowest BCUT2D eigenvalue weighted by molar-refractivity contribution is -0.122. The summed E-state index contributed by atoms with van der Waals surface area (Å²) in [7, 11) is 0. The molecule has 28 heavy (non-hydrogen) atoms. The van der Waals surface area contributed by atoms with Crippen molar-refractivity contribution in [2.75, 3.05) is 11.9 Å². The van der Waals surface area contributed by atoms with E-state index in [1.165, 1.54) is 0 Å². The number of para-hydroxylation sites is 1. The van der Waals surface area contributed by atoms with Crippen molar-refractivity contribution in [2.24, 2.45) is 0 Å². The topological polar surface area (TPSA) is 74.3 Å². The van der Waals surface area contributed by atoms with Crippen LogP contribution in [0.1, 0.15) is 27.7 Å². The van der Waals surface area contributed by atoms with Crippen LogP contribution in [0.2, 0.25) is 0 Å². The highest BCUT2D eigenvalue weighted by molar-refractivity contribution is 6.03. The normalized spacial score (nSPS) is 15.5. The molecular weight excluding hydrogens is 352 g/mol. The quantitative estimate of drug-likeness (QED) is 0.722. The minimum absolute atomic E-state index is 0.0417. The Morgan fingerprint density at radius 3 is 2.61 bits per heavy atom. The van der Waals surface area contributed by atoms with E-state index in [9.17, 15) is 9.59 Å². The number of amides is 2. The molecule has 4 rings (SSSR count). The van der Waals surface area contributed by atoms with Crippen molar-refractivity contribution >= 4 is 17.5 Å². The number of pyridine rings is 1. The highest BCUT2D eigenvalue weighted by atomic mass is 16.2. The Bertz CT molecular complexity index is 976. The summed E-state index contributed by atoms with van der Waals surface area (Å²) in [5, 5.41) is 6.25. The summed E-state index contributed by atoms with van der Waals surface area (Å²) in [5.41, 5.74) is 3.16. The van der Waals surface area contributed by atoms with E-state index in [-0.39, 0.29) is 18.4 Å². The molecule has 0 spiro atoms. The van der Waals surface area contributed by atoms with Crippen LogP contribution in [-0.2, 0) is 11.3 Å². The van der Waals surface area contributed by atoms with Crippen LogP contribution < -0.4 is 10.6 Å². The van der Waals surface area contributed by atoms with Crippen molar-refractivity contribution in [3.63, 3.8) is 0 Å². The lowest BCUT2D eigenvalue weighted by Gasteiger charge is -2.37. The molecule has 0 fully saturated rings. The van der Waals surface area contributed by atoms with Crippen molar-refractivity contribution in [3.05, 3.63) is 95.8 Å². The molecule has 0 aliphatic carbocycles. The Labute approximate surface area is 163 Å². The van der Waals surface area contributed by atoms with Gasteiger partial charge in [0.2, 0.25) is 5.91 Å². The molecule has 2 amide bonds. The molecule has 1 aromatic heterocycles. The molecule has 3 aromatic rings.